The summed E-state index contributed by atoms with van der Waals surface area (Å²) < 4.78 is 16.9. The van der Waals surface area contributed by atoms with Crippen molar-refractivity contribution in [2.75, 3.05) is 13.2 Å². The molecule has 0 radical (unpaired) electrons. The van der Waals surface area contributed by atoms with Crippen LogP contribution in [0.1, 0.15) is 329 Å². The molecule has 75 heavy (non-hydrogen) atoms. The van der Waals surface area contributed by atoms with E-state index in [9.17, 15) is 14.4 Å². The number of rotatable bonds is 59. The Morgan fingerprint density at radius 2 is 0.520 bits per heavy atom. The summed E-state index contributed by atoms with van der Waals surface area (Å²) in [5.74, 6) is -0.875. The number of hydrogen-bond acceptors (Lipinski definition) is 6. The molecule has 0 fully saturated rings. The molecule has 1 unspecified atom stereocenters. The third-order valence-corrected chi connectivity index (χ3v) is 14.2. The molecular formula is C69H122O6. The van der Waals surface area contributed by atoms with Crippen molar-refractivity contribution in [3.05, 3.63) is 72.9 Å². The molecule has 0 rings (SSSR count). The highest BCUT2D eigenvalue weighted by atomic mass is 16.6. The highest BCUT2D eigenvalue weighted by Crippen LogP contribution is 2.16. The molecule has 0 aliphatic rings. The van der Waals surface area contributed by atoms with E-state index in [1.165, 1.54) is 205 Å². The van der Waals surface area contributed by atoms with Crippen LogP contribution in [-0.2, 0) is 28.6 Å². The Morgan fingerprint density at radius 3 is 0.827 bits per heavy atom. The average molecular weight is 1050 g/mol. The first kappa shape index (κ1) is 71.8. The summed E-state index contributed by atoms with van der Waals surface area (Å²) in [6.45, 7) is 6.55. The van der Waals surface area contributed by atoms with Crippen LogP contribution in [0.25, 0.3) is 0 Å². The van der Waals surface area contributed by atoms with Crippen molar-refractivity contribution in [2.24, 2.45) is 0 Å². The number of carbonyl (C=O) groups excluding carboxylic acids is 3. The molecule has 0 saturated carbocycles. The Balaban J connectivity index is 4.36. The second-order valence-electron chi connectivity index (χ2n) is 21.6. The van der Waals surface area contributed by atoms with Gasteiger partial charge in [-0.1, -0.05) is 273 Å². The van der Waals surface area contributed by atoms with Crippen LogP contribution in [0.15, 0.2) is 72.9 Å². The van der Waals surface area contributed by atoms with Gasteiger partial charge in [0.25, 0.3) is 0 Å². The maximum atomic E-state index is 12.9. The Kier molecular flexibility index (Phi) is 60.7. The maximum Gasteiger partial charge on any atom is 0.306 e. The lowest BCUT2D eigenvalue weighted by Crippen LogP contribution is -2.30. The van der Waals surface area contributed by atoms with Gasteiger partial charge in [0.05, 0.1) is 0 Å². The van der Waals surface area contributed by atoms with Gasteiger partial charge in [-0.15, -0.1) is 0 Å². The fourth-order valence-electron chi connectivity index (χ4n) is 9.31. The van der Waals surface area contributed by atoms with Crippen LogP contribution < -0.4 is 0 Å². The smallest absolute Gasteiger partial charge is 0.306 e. The van der Waals surface area contributed by atoms with E-state index in [0.717, 1.165) is 83.5 Å². The topological polar surface area (TPSA) is 78.9 Å². The molecule has 434 valence electrons. The quantitative estimate of drug-likeness (QED) is 0.0261. The molecule has 0 spiro atoms. The number of unbranched alkanes of at least 4 members (excludes halogenated alkanes) is 36. The molecule has 0 saturated heterocycles. The average Bonchev–Trinajstić information content (AvgIpc) is 3.41. The first-order chi connectivity index (χ1) is 37.0. The SMILES string of the molecule is CC/C=C\C/C=C\C/C=C\C/C=C\CCCCCCCCCCCCC(=O)OCC(COC(=O)CCCCCCCCC/C=C\CCCCCCCC)OC(=O)CCCCCCCCC/C=C\CCCCCCCC. The predicted molar refractivity (Wildman–Crippen MR) is 325 cm³/mol. The van der Waals surface area contributed by atoms with Crippen molar-refractivity contribution >= 4 is 17.9 Å². The van der Waals surface area contributed by atoms with Gasteiger partial charge < -0.3 is 14.2 Å². The van der Waals surface area contributed by atoms with Crippen LogP contribution in [0.4, 0.5) is 0 Å². The van der Waals surface area contributed by atoms with E-state index in [0.29, 0.717) is 19.3 Å². The molecule has 0 amide bonds. The van der Waals surface area contributed by atoms with Gasteiger partial charge in [-0.2, -0.15) is 0 Å². The van der Waals surface area contributed by atoms with E-state index in [2.05, 4.69) is 93.7 Å². The fourth-order valence-corrected chi connectivity index (χ4v) is 9.31. The Hall–Kier alpha value is -3.15. The van der Waals surface area contributed by atoms with E-state index >= 15 is 0 Å². The second kappa shape index (κ2) is 63.4. The summed E-state index contributed by atoms with van der Waals surface area (Å²) in [6, 6.07) is 0. The van der Waals surface area contributed by atoms with Crippen molar-refractivity contribution in [1.29, 1.82) is 0 Å². The van der Waals surface area contributed by atoms with Gasteiger partial charge in [0, 0.05) is 19.3 Å². The van der Waals surface area contributed by atoms with E-state index in [4.69, 9.17) is 14.2 Å². The van der Waals surface area contributed by atoms with Crippen LogP contribution in [0.2, 0.25) is 0 Å². The lowest BCUT2D eigenvalue weighted by Gasteiger charge is -2.18. The van der Waals surface area contributed by atoms with Crippen LogP contribution in [0.5, 0.6) is 0 Å². The molecule has 1 atom stereocenters. The largest absolute Gasteiger partial charge is 0.462 e. The summed E-state index contributed by atoms with van der Waals surface area (Å²) in [4.78, 5) is 38.4. The van der Waals surface area contributed by atoms with Crippen molar-refractivity contribution in [1.82, 2.24) is 0 Å². The molecule has 6 heteroatoms. The first-order valence-electron chi connectivity index (χ1n) is 32.4. The lowest BCUT2D eigenvalue weighted by molar-refractivity contribution is -0.167. The maximum absolute atomic E-state index is 12.9. The van der Waals surface area contributed by atoms with Gasteiger partial charge in [-0.3, -0.25) is 14.4 Å². The summed E-state index contributed by atoms with van der Waals surface area (Å²) in [7, 11) is 0. The van der Waals surface area contributed by atoms with Crippen molar-refractivity contribution in [3.8, 4) is 0 Å². The summed E-state index contributed by atoms with van der Waals surface area (Å²) in [5.41, 5.74) is 0. The van der Waals surface area contributed by atoms with Crippen LogP contribution in [0, 0.1) is 0 Å². The highest BCUT2D eigenvalue weighted by molar-refractivity contribution is 5.71. The Labute approximate surface area is 465 Å². The lowest BCUT2D eigenvalue weighted by atomic mass is 10.1. The van der Waals surface area contributed by atoms with Gasteiger partial charge in [0.2, 0.25) is 0 Å². The van der Waals surface area contributed by atoms with Crippen molar-refractivity contribution in [2.45, 2.75) is 335 Å². The highest BCUT2D eigenvalue weighted by Gasteiger charge is 2.19. The second-order valence-corrected chi connectivity index (χ2v) is 21.6. The van der Waals surface area contributed by atoms with Gasteiger partial charge in [-0.25, -0.2) is 0 Å². The first-order valence-corrected chi connectivity index (χ1v) is 32.4. The summed E-state index contributed by atoms with van der Waals surface area (Å²) in [6.07, 6.45) is 81.9. The standard InChI is InChI=1S/C69H122O6/c1-4-7-10-13-16-19-22-25-28-31-32-33-34-35-36-39-41-44-47-50-53-56-59-62-68(71)74-65-66(75-69(72)63-60-57-54-51-48-45-42-38-30-27-24-21-18-15-12-9-6-3)64-73-67(70)61-58-55-52-49-46-43-40-37-29-26-23-20-17-14-11-8-5-2/h7,10,16,19,25-30,32-33,66H,4-6,8-9,11-15,17-18,20-24,31,34-65H2,1-3H3/b10-7-,19-16-,28-25-,29-26-,30-27-,33-32-. The minimum Gasteiger partial charge on any atom is -0.462 e. The number of carbonyl (C=O) groups is 3. The van der Waals surface area contributed by atoms with Gasteiger partial charge in [-0.05, 0) is 109 Å². The van der Waals surface area contributed by atoms with Crippen LogP contribution in [-0.4, -0.2) is 37.2 Å². The molecule has 0 aromatic carbocycles. The van der Waals surface area contributed by atoms with Crippen LogP contribution in [0.3, 0.4) is 0 Å². The van der Waals surface area contributed by atoms with Gasteiger partial charge in [0.15, 0.2) is 6.10 Å². The normalized spacial score (nSPS) is 12.5. The molecule has 0 aromatic heterocycles. The van der Waals surface area contributed by atoms with Gasteiger partial charge in [0.1, 0.15) is 13.2 Å². The van der Waals surface area contributed by atoms with Crippen molar-refractivity contribution < 1.29 is 28.6 Å². The number of ether oxygens (including phenoxy) is 3. The molecule has 0 N–H and O–H groups in total. The minimum absolute atomic E-state index is 0.0786. The molecular weight excluding hydrogens is 925 g/mol. The third-order valence-electron chi connectivity index (χ3n) is 14.2. The predicted octanol–water partition coefficient (Wildman–Crippen LogP) is 22.1. The van der Waals surface area contributed by atoms with E-state index in [-0.39, 0.29) is 31.1 Å². The zero-order valence-electron chi connectivity index (χ0n) is 49.8. The van der Waals surface area contributed by atoms with Crippen LogP contribution >= 0.6 is 0 Å². The zero-order chi connectivity index (χ0) is 54.3. The van der Waals surface area contributed by atoms with E-state index < -0.39 is 6.10 Å². The molecule has 0 aromatic rings. The fraction of sp³-hybridized carbons (Fsp3) is 0.783. The molecule has 0 aliphatic heterocycles. The van der Waals surface area contributed by atoms with Gasteiger partial charge >= 0.3 is 17.9 Å². The zero-order valence-corrected chi connectivity index (χ0v) is 49.8. The molecule has 6 nitrogen and oxygen atoms in total. The number of esters is 3. The monoisotopic (exact) mass is 1050 g/mol. The number of hydrogen-bond donors (Lipinski definition) is 0. The third kappa shape index (κ3) is 61.6. The molecule has 0 aliphatic carbocycles. The van der Waals surface area contributed by atoms with Crippen molar-refractivity contribution in [3.63, 3.8) is 0 Å². The Bertz CT molecular complexity index is 1390. The molecule has 0 heterocycles. The van der Waals surface area contributed by atoms with E-state index in [1.54, 1.807) is 0 Å². The minimum atomic E-state index is -0.782. The Morgan fingerprint density at radius 1 is 0.280 bits per heavy atom. The summed E-state index contributed by atoms with van der Waals surface area (Å²) >= 11 is 0. The number of allylic oxidation sites excluding steroid dienone is 12. The molecule has 0 bridgehead atoms. The van der Waals surface area contributed by atoms with E-state index in [1.807, 2.05) is 0 Å². The summed E-state index contributed by atoms with van der Waals surface area (Å²) in [5, 5.41) is 0.